The van der Waals surface area contributed by atoms with E-state index < -0.39 is 0 Å². The monoisotopic (exact) mass is 276 g/mol. The third kappa shape index (κ3) is 3.03. The first kappa shape index (κ1) is 14.2. The fraction of sp³-hybridized carbons (Fsp3) is 0.412. The first-order chi connectivity index (χ1) is 9.02. The fourth-order valence-electron chi connectivity index (χ4n) is 2.18. The highest BCUT2D eigenvalue weighted by atomic mass is 35.5. The van der Waals surface area contributed by atoms with Gasteiger partial charge in [0.15, 0.2) is 0 Å². The van der Waals surface area contributed by atoms with E-state index in [1.807, 2.05) is 12.1 Å². The zero-order valence-corrected chi connectivity index (χ0v) is 12.7. The maximum atomic E-state index is 6.59. The van der Waals surface area contributed by atoms with Gasteiger partial charge in [-0.15, -0.1) is 11.6 Å². The highest BCUT2D eigenvalue weighted by Gasteiger charge is 2.19. The minimum Gasteiger partial charge on any atom is -0.497 e. The lowest BCUT2D eigenvalue weighted by molar-refractivity contribution is 0.406. The van der Waals surface area contributed by atoms with Gasteiger partial charge in [0.1, 0.15) is 5.75 Å². The van der Waals surface area contributed by atoms with Crippen LogP contribution in [0, 0.1) is 11.8 Å². The molecule has 2 unspecified atom stereocenters. The van der Waals surface area contributed by atoms with E-state index in [-0.39, 0.29) is 5.38 Å². The first-order valence-corrected chi connectivity index (χ1v) is 7.18. The van der Waals surface area contributed by atoms with Gasteiger partial charge >= 0.3 is 0 Å². The van der Waals surface area contributed by atoms with Crippen molar-refractivity contribution >= 4 is 22.4 Å². The van der Waals surface area contributed by atoms with Crippen molar-refractivity contribution in [1.82, 2.24) is 0 Å². The van der Waals surface area contributed by atoms with Gasteiger partial charge in [-0.2, -0.15) is 0 Å². The standard InChI is InChI=1S/C17H21ClO/c1-11(2)12(3)17(18)15-6-5-14-10-16(19-4)8-7-13(14)9-15/h5-12,17H,1-4H3. The lowest BCUT2D eigenvalue weighted by atomic mass is 9.90. The van der Waals surface area contributed by atoms with Gasteiger partial charge < -0.3 is 4.74 Å². The van der Waals surface area contributed by atoms with E-state index in [0.29, 0.717) is 11.8 Å². The Bertz CT molecular complexity index is 562. The third-order valence-electron chi connectivity index (χ3n) is 3.90. The van der Waals surface area contributed by atoms with E-state index in [4.69, 9.17) is 16.3 Å². The fourth-order valence-corrected chi connectivity index (χ4v) is 2.61. The van der Waals surface area contributed by atoms with Crippen LogP contribution in [0.4, 0.5) is 0 Å². The van der Waals surface area contributed by atoms with Crippen molar-refractivity contribution in [3.8, 4) is 5.75 Å². The van der Waals surface area contributed by atoms with Gasteiger partial charge in [0.25, 0.3) is 0 Å². The van der Waals surface area contributed by atoms with Gasteiger partial charge in [-0.25, -0.2) is 0 Å². The second-order valence-corrected chi connectivity index (χ2v) is 5.95. The summed E-state index contributed by atoms with van der Waals surface area (Å²) in [6.07, 6.45) is 0. The number of hydrogen-bond acceptors (Lipinski definition) is 1. The number of alkyl halides is 1. The normalized spacial score (nSPS) is 14.6. The molecule has 0 aliphatic rings. The zero-order chi connectivity index (χ0) is 14.0. The number of methoxy groups -OCH3 is 1. The second-order valence-electron chi connectivity index (χ2n) is 5.48. The summed E-state index contributed by atoms with van der Waals surface area (Å²) in [4.78, 5) is 0. The van der Waals surface area contributed by atoms with E-state index in [2.05, 4.69) is 45.0 Å². The van der Waals surface area contributed by atoms with Crippen LogP contribution in [0.15, 0.2) is 36.4 Å². The molecule has 0 aliphatic heterocycles. The van der Waals surface area contributed by atoms with E-state index in [0.717, 1.165) is 5.75 Å². The molecule has 2 aromatic carbocycles. The van der Waals surface area contributed by atoms with Gasteiger partial charge in [0.05, 0.1) is 12.5 Å². The van der Waals surface area contributed by atoms with Crippen LogP contribution in [-0.4, -0.2) is 7.11 Å². The summed E-state index contributed by atoms with van der Waals surface area (Å²) in [5.41, 5.74) is 1.19. The molecule has 0 aromatic heterocycles. The number of rotatable bonds is 4. The molecule has 2 heteroatoms. The van der Waals surface area contributed by atoms with E-state index in [1.54, 1.807) is 7.11 Å². The molecule has 0 amide bonds. The summed E-state index contributed by atoms with van der Waals surface area (Å²) in [6.45, 7) is 6.64. The minimum atomic E-state index is 0.0616. The molecule has 0 N–H and O–H groups in total. The molecule has 0 aliphatic carbocycles. The third-order valence-corrected chi connectivity index (χ3v) is 4.55. The van der Waals surface area contributed by atoms with Gasteiger partial charge in [-0.1, -0.05) is 39.0 Å². The zero-order valence-electron chi connectivity index (χ0n) is 12.0. The van der Waals surface area contributed by atoms with Crippen LogP contribution >= 0.6 is 11.6 Å². The molecule has 2 atom stereocenters. The second kappa shape index (κ2) is 5.83. The lowest BCUT2D eigenvalue weighted by Gasteiger charge is -2.22. The van der Waals surface area contributed by atoms with Crippen molar-refractivity contribution in [2.24, 2.45) is 11.8 Å². The van der Waals surface area contributed by atoms with Gasteiger partial charge in [0.2, 0.25) is 0 Å². The lowest BCUT2D eigenvalue weighted by Crippen LogP contribution is -2.10. The van der Waals surface area contributed by atoms with E-state index in [1.165, 1.54) is 16.3 Å². The van der Waals surface area contributed by atoms with Crippen molar-refractivity contribution in [3.05, 3.63) is 42.0 Å². The topological polar surface area (TPSA) is 9.23 Å². The molecule has 0 bridgehead atoms. The number of hydrogen-bond donors (Lipinski definition) is 0. The van der Waals surface area contributed by atoms with Crippen molar-refractivity contribution in [3.63, 3.8) is 0 Å². The van der Waals surface area contributed by atoms with Gasteiger partial charge in [-0.3, -0.25) is 0 Å². The molecule has 0 saturated carbocycles. The highest BCUT2D eigenvalue weighted by Crippen LogP contribution is 2.35. The van der Waals surface area contributed by atoms with Crippen molar-refractivity contribution in [1.29, 1.82) is 0 Å². The molecule has 0 saturated heterocycles. The summed E-state index contributed by atoms with van der Waals surface area (Å²) in [5, 5.41) is 2.45. The molecule has 0 radical (unpaired) electrons. The number of fused-ring (bicyclic) bond motifs is 1. The average Bonchev–Trinajstić information content (AvgIpc) is 2.44. The summed E-state index contributed by atoms with van der Waals surface area (Å²) in [6, 6.07) is 12.6. The van der Waals surface area contributed by atoms with Gasteiger partial charge in [0, 0.05) is 0 Å². The molecule has 102 valence electrons. The molecule has 0 spiro atoms. The van der Waals surface area contributed by atoms with E-state index in [9.17, 15) is 0 Å². The quantitative estimate of drug-likeness (QED) is 0.678. The first-order valence-electron chi connectivity index (χ1n) is 6.74. The van der Waals surface area contributed by atoms with Crippen LogP contribution in [0.1, 0.15) is 31.7 Å². The predicted octanol–water partition coefficient (Wildman–Crippen LogP) is 5.42. The summed E-state index contributed by atoms with van der Waals surface area (Å²) in [5.74, 6) is 1.92. The van der Waals surface area contributed by atoms with Crippen LogP contribution in [-0.2, 0) is 0 Å². The Morgan fingerprint density at radius 2 is 1.58 bits per heavy atom. The molecule has 2 aromatic rings. The Balaban J connectivity index is 2.36. The number of ether oxygens (including phenoxy) is 1. The van der Waals surface area contributed by atoms with Crippen LogP contribution in [0.25, 0.3) is 10.8 Å². The van der Waals surface area contributed by atoms with Crippen molar-refractivity contribution in [2.45, 2.75) is 26.1 Å². The Hall–Kier alpha value is -1.21. The number of halogens is 1. The maximum absolute atomic E-state index is 6.59. The minimum absolute atomic E-state index is 0.0616. The predicted molar refractivity (Wildman–Crippen MR) is 83.1 cm³/mol. The summed E-state index contributed by atoms with van der Waals surface area (Å²) < 4.78 is 5.24. The molecule has 2 rings (SSSR count). The van der Waals surface area contributed by atoms with Gasteiger partial charge in [-0.05, 0) is 46.4 Å². The van der Waals surface area contributed by atoms with Crippen molar-refractivity contribution < 1.29 is 4.74 Å². The van der Waals surface area contributed by atoms with Crippen molar-refractivity contribution in [2.75, 3.05) is 7.11 Å². The van der Waals surface area contributed by atoms with Crippen LogP contribution in [0.2, 0.25) is 0 Å². The Morgan fingerprint density at radius 1 is 0.947 bits per heavy atom. The average molecular weight is 277 g/mol. The molecular formula is C17H21ClO. The molecular weight excluding hydrogens is 256 g/mol. The molecule has 0 heterocycles. The van der Waals surface area contributed by atoms with Crippen LogP contribution in [0.3, 0.4) is 0 Å². The largest absolute Gasteiger partial charge is 0.497 e. The molecule has 19 heavy (non-hydrogen) atoms. The Kier molecular flexibility index (Phi) is 4.36. The highest BCUT2D eigenvalue weighted by molar-refractivity contribution is 6.21. The summed E-state index contributed by atoms with van der Waals surface area (Å²) >= 11 is 6.59. The maximum Gasteiger partial charge on any atom is 0.119 e. The van der Waals surface area contributed by atoms with Crippen LogP contribution in [0.5, 0.6) is 5.75 Å². The smallest absolute Gasteiger partial charge is 0.119 e. The molecule has 1 nitrogen and oxygen atoms in total. The SMILES string of the molecule is COc1ccc2cc(C(Cl)C(C)C(C)C)ccc2c1. The van der Waals surface area contributed by atoms with Crippen LogP contribution < -0.4 is 4.74 Å². The van der Waals surface area contributed by atoms with E-state index >= 15 is 0 Å². The summed E-state index contributed by atoms with van der Waals surface area (Å²) in [7, 11) is 1.69. The Labute approximate surface area is 120 Å². The molecule has 0 fully saturated rings. The Morgan fingerprint density at radius 3 is 2.21 bits per heavy atom. The number of benzene rings is 2.